The summed E-state index contributed by atoms with van der Waals surface area (Å²) < 4.78 is 0. The molecule has 0 bridgehead atoms. The van der Waals surface area contributed by atoms with Crippen LogP contribution >= 0.6 is 0 Å². The van der Waals surface area contributed by atoms with Crippen LogP contribution in [0.3, 0.4) is 0 Å². The minimum absolute atomic E-state index is 0. The second-order valence-electron chi connectivity index (χ2n) is 13.3. The molecule has 0 aromatic heterocycles. The Kier molecular flexibility index (Phi) is 12.0. The number of benzene rings is 6. The molecule has 8 aromatic carbocycles. The summed E-state index contributed by atoms with van der Waals surface area (Å²) in [7, 11) is -2.10. The summed E-state index contributed by atoms with van der Waals surface area (Å²) in [4.78, 5) is 0. The average Bonchev–Trinajstić information content (AvgIpc) is 3.66. The van der Waals surface area contributed by atoms with Crippen LogP contribution in [-0.2, 0) is 26.2 Å². The molecule has 0 amide bonds. The molecule has 0 aliphatic rings. The van der Waals surface area contributed by atoms with Crippen LogP contribution in [-0.4, -0.2) is 8.07 Å². The largest absolute Gasteiger partial charge is 4.00 e. The molecule has 0 fully saturated rings. The first-order chi connectivity index (χ1) is 23.8. The van der Waals surface area contributed by atoms with Crippen molar-refractivity contribution in [3.05, 3.63) is 206 Å². The first-order valence-corrected chi connectivity index (χ1v) is 20.0. The molecule has 0 aliphatic carbocycles. The van der Waals surface area contributed by atoms with E-state index in [1.165, 1.54) is 54.9 Å². The van der Waals surface area contributed by atoms with Gasteiger partial charge in [0.05, 0.1) is 0 Å². The summed E-state index contributed by atoms with van der Waals surface area (Å²) in [6, 6.07) is 59.9. The Labute approximate surface area is 319 Å². The van der Waals surface area contributed by atoms with E-state index in [9.17, 15) is 0 Å². The van der Waals surface area contributed by atoms with E-state index in [-0.39, 0.29) is 26.2 Å². The maximum atomic E-state index is 3.72. The van der Waals surface area contributed by atoms with Crippen molar-refractivity contribution in [2.24, 2.45) is 0 Å². The third kappa shape index (κ3) is 7.89. The van der Waals surface area contributed by atoms with E-state index >= 15 is 0 Å². The summed E-state index contributed by atoms with van der Waals surface area (Å²) in [5, 5.41) is 8.75. The second-order valence-corrected chi connectivity index (χ2v) is 17.5. The van der Waals surface area contributed by atoms with Crippen molar-refractivity contribution in [1.82, 2.24) is 0 Å². The van der Waals surface area contributed by atoms with Gasteiger partial charge in [-0.3, -0.25) is 0 Å². The quantitative estimate of drug-likeness (QED) is 0.125. The molecule has 0 saturated carbocycles. The summed E-state index contributed by atoms with van der Waals surface area (Å²) in [5.74, 6) is 0. The van der Waals surface area contributed by atoms with Crippen molar-refractivity contribution < 1.29 is 26.2 Å². The SMILES string of the molecule is Cc1[cH-]c2cccc(-c3ccccc3)c2c1[Si](C)(C)c1c(C)[cH-]c2cccc(-c3ccccc3)c12.[CH2-]c1ccccc1.[CH2-]c1ccccc1.[Zr+4]. The Balaban J connectivity index is 0.000000269. The van der Waals surface area contributed by atoms with Gasteiger partial charge in [0.25, 0.3) is 0 Å². The van der Waals surface area contributed by atoms with Crippen LogP contribution in [0.5, 0.6) is 0 Å². The molecule has 2 heteroatoms. The Morgan fingerprint density at radius 3 is 1.04 bits per heavy atom. The van der Waals surface area contributed by atoms with Crippen molar-refractivity contribution in [1.29, 1.82) is 0 Å². The van der Waals surface area contributed by atoms with Gasteiger partial charge >= 0.3 is 26.2 Å². The van der Waals surface area contributed by atoms with Gasteiger partial charge < -0.3 is 0 Å². The Hall–Kier alpha value is -4.62. The minimum Gasteiger partial charge on any atom is -0.199 e. The predicted molar refractivity (Wildman–Crippen MR) is 218 cm³/mol. The average molecular weight is 740 g/mol. The number of hydrogen-bond donors (Lipinski definition) is 0. The predicted octanol–water partition coefficient (Wildman–Crippen LogP) is 11.9. The molecule has 0 spiro atoms. The van der Waals surface area contributed by atoms with Crippen LogP contribution < -0.4 is 10.4 Å². The molecule has 0 aliphatic heterocycles. The molecule has 0 unspecified atom stereocenters. The molecule has 0 nitrogen and oxygen atoms in total. The van der Waals surface area contributed by atoms with Crippen LogP contribution in [0.1, 0.15) is 22.3 Å². The summed E-state index contributed by atoms with van der Waals surface area (Å²) in [6.07, 6.45) is 0. The monoisotopic (exact) mass is 738 g/mol. The molecule has 8 aromatic rings. The van der Waals surface area contributed by atoms with E-state index in [0.717, 1.165) is 11.1 Å². The molecule has 0 N–H and O–H groups in total. The molecule has 50 heavy (non-hydrogen) atoms. The molecule has 8 rings (SSSR count). The molecule has 0 saturated heterocycles. The van der Waals surface area contributed by atoms with Crippen LogP contribution in [0.2, 0.25) is 13.1 Å². The van der Waals surface area contributed by atoms with Gasteiger partial charge in [-0.1, -0.05) is 123 Å². The number of hydrogen-bond acceptors (Lipinski definition) is 0. The van der Waals surface area contributed by atoms with Crippen LogP contribution in [0.4, 0.5) is 0 Å². The number of aryl methyl sites for hydroxylation is 2. The van der Waals surface area contributed by atoms with Gasteiger partial charge in [0, 0.05) is 8.07 Å². The summed E-state index contributed by atoms with van der Waals surface area (Å²) in [5.41, 5.74) is 10.3. The van der Waals surface area contributed by atoms with Gasteiger partial charge in [0.15, 0.2) is 0 Å². The first-order valence-electron chi connectivity index (χ1n) is 17.0. The zero-order valence-electron chi connectivity index (χ0n) is 29.6. The van der Waals surface area contributed by atoms with Crippen LogP contribution in [0, 0.1) is 27.7 Å². The Morgan fingerprint density at radius 1 is 0.420 bits per heavy atom. The van der Waals surface area contributed by atoms with E-state index in [4.69, 9.17) is 0 Å². The van der Waals surface area contributed by atoms with E-state index in [1.54, 1.807) is 10.4 Å². The fourth-order valence-electron chi connectivity index (χ4n) is 7.35. The summed E-state index contributed by atoms with van der Waals surface area (Å²) >= 11 is 0. The zero-order chi connectivity index (χ0) is 34.4. The van der Waals surface area contributed by atoms with Crippen molar-refractivity contribution in [2.45, 2.75) is 26.9 Å². The van der Waals surface area contributed by atoms with E-state index in [0.29, 0.717) is 0 Å². The fourth-order valence-corrected chi connectivity index (χ4v) is 11.5. The summed E-state index contributed by atoms with van der Waals surface area (Å²) in [6.45, 7) is 17.2. The normalized spacial score (nSPS) is 10.8. The first kappa shape index (κ1) is 36.7. The molecule has 0 radical (unpaired) electrons. The maximum Gasteiger partial charge on any atom is 4.00 e. The van der Waals surface area contributed by atoms with E-state index in [2.05, 4.69) is 150 Å². The van der Waals surface area contributed by atoms with Crippen molar-refractivity contribution in [2.75, 3.05) is 0 Å². The van der Waals surface area contributed by atoms with Gasteiger partial charge in [-0.05, 0) is 11.1 Å². The standard InChI is InChI=1S/C34H30Si.2C7H7.Zr/c1-23-21-27-17-11-19-29(25-13-7-5-8-14-25)31(27)33(23)35(3,4)34-24(2)22-28-18-12-20-30(32(28)34)26-15-9-6-10-16-26;2*1-7-5-3-2-4-6-7;/h5-22H,1-4H3;2*2-6H,1H2;/q-2;2*-1;+4. The van der Waals surface area contributed by atoms with Gasteiger partial charge in [0.1, 0.15) is 0 Å². The topological polar surface area (TPSA) is 0 Å². The van der Waals surface area contributed by atoms with Crippen LogP contribution in [0.15, 0.2) is 170 Å². The van der Waals surface area contributed by atoms with Gasteiger partial charge in [-0.25, -0.2) is 0 Å². The van der Waals surface area contributed by atoms with Gasteiger partial charge in [0.2, 0.25) is 0 Å². The van der Waals surface area contributed by atoms with Crippen molar-refractivity contribution in [3.8, 4) is 22.3 Å². The Morgan fingerprint density at radius 2 is 0.740 bits per heavy atom. The third-order valence-corrected chi connectivity index (χ3v) is 13.1. The molecule has 0 heterocycles. The smallest absolute Gasteiger partial charge is 0.199 e. The van der Waals surface area contributed by atoms with Crippen molar-refractivity contribution in [3.63, 3.8) is 0 Å². The van der Waals surface area contributed by atoms with Gasteiger partial charge in [-0.15, -0.1) is 93.3 Å². The fraction of sp³-hybridized carbons (Fsp3) is 0.0833. The molecule has 244 valence electrons. The Bertz CT molecular complexity index is 2100. The van der Waals surface area contributed by atoms with Crippen LogP contribution in [0.25, 0.3) is 43.8 Å². The number of rotatable bonds is 4. The second kappa shape index (κ2) is 16.4. The molecular weight excluding hydrogens is 696 g/mol. The minimum atomic E-state index is -2.10. The molecular formula is C48H44SiZr. The van der Waals surface area contributed by atoms with Gasteiger partial charge in [-0.2, -0.15) is 59.6 Å². The van der Waals surface area contributed by atoms with E-state index in [1.807, 2.05) is 60.7 Å². The third-order valence-electron chi connectivity index (χ3n) is 9.33. The maximum absolute atomic E-state index is 3.72. The molecule has 0 atom stereocenters. The zero-order valence-corrected chi connectivity index (χ0v) is 33.0. The van der Waals surface area contributed by atoms with E-state index < -0.39 is 8.07 Å². The number of fused-ring (bicyclic) bond motifs is 2. The van der Waals surface area contributed by atoms with Crippen molar-refractivity contribution >= 4 is 40.0 Å².